The quantitative estimate of drug-likeness (QED) is 0.454. The number of rotatable bonds is 8. The lowest BCUT2D eigenvalue weighted by molar-refractivity contribution is -0.0932. The second kappa shape index (κ2) is 8.34. The third kappa shape index (κ3) is 5.42. The highest BCUT2D eigenvalue weighted by atomic mass is 79.9. The van der Waals surface area contributed by atoms with Crippen LogP contribution in [0.3, 0.4) is 0 Å². The van der Waals surface area contributed by atoms with Crippen LogP contribution in [0.2, 0.25) is 0 Å². The van der Waals surface area contributed by atoms with Crippen LogP contribution < -0.4 is 5.32 Å². The number of benzene rings is 1. The highest BCUT2D eigenvalue weighted by Gasteiger charge is 2.45. The zero-order valence-corrected chi connectivity index (χ0v) is 17.7. The van der Waals surface area contributed by atoms with Crippen molar-refractivity contribution in [3.8, 4) is 0 Å². The van der Waals surface area contributed by atoms with Crippen molar-refractivity contribution in [2.24, 2.45) is 5.92 Å². The second-order valence-electron chi connectivity index (χ2n) is 7.37. The summed E-state index contributed by atoms with van der Waals surface area (Å²) < 4.78 is 80.1. The second-order valence-corrected chi connectivity index (χ2v) is 10.2. The van der Waals surface area contributed by atoms with E-state index in [0.29, 0.717) is 12.5 Å². The predicted molar refractivity (Wildman–Crippen MR) is 98.2 cm³/mol. The van der Waals surface area contributed by atoms with Crippen molar-refractivity contribution in [1.29, 1.82) is 0 Å². The van der Waals surface area contributed by atoms with Crippen LogP contribution in [0.5, 0.6) is 0 Å². The van der Waals surface area contributed by atoms with Gasteiger partial charge >= 0.3 is 0 Å². The first-order valence-electron chi connectivity index (χ1n) is 8.57. The molecule has 27 heavy (non-hydrogen) atoms. The molecule has 0 heterocycles. The minimum atomic E-state index is -4.24. The first-order chi connectivity index (χ1) is 12.3. The maximum Gasteiger partial charge on any atom is 0.251 e. The Labute approximate surface area is 165 Å². The van der Waals surface area contributed by atoms with Gasteiger partial charge in [-0.15, -0.1) is 0 Å². The zero-order valence-electron chi connectivity index (χ0n) is 15.3. The lowest BCUT2D eigenvalue weighted by Crippen LogP contribution is -2.53. The highest BCUT2D eigenvalue weighted by molar-refractivity contribution is 9.10. The van der Waals surface area contributed by atoms with E-state index < -0.39 is 38.5 Å². The number of nitrogens with one attached hydrogen (secondary N) is 1. The van der Waals surface area contributed by atoms with Crippen molar-refractivity contribution in [2.75, 3.05) is 13.6 Å². The minimum Gasteiger partial charge on any atom is -0.312 e. The number of hydrogen-bond acceptors (Lipinski definition) is 3. The van der Waals surface area contributed by atoms with Gasteiger partial charge in [-0.2, -0.15) is 4.31 Å². The summed E-state index contributed by atoms with van der Waals surface area (Å²) in [6, 6.07) is 0.467. The molecular formula is C17H23BrF4N2O2S. The van der Waals surface area contributed by atoms with Gasteiger partial charge in [0.2, 0.25) is 10.0 Å². The van der Waals surface area contributed by atoms with Gasteiger partial charge in [0, 0.05) is 44.6 Å². The van der Waals surface area contributed by atoms with Crippen LogP contribution in [-0.4, -0.2) is 44.3 Å². The summed E-state index contributed by atoms with van der Waals surface area (Å²) in [4.78, 5) is -0.637. The Morgan fingerprint density at radius 1 is 1.26 bits per heavy atom. The zero-order chi connectivity index (χ0) is 20.6. The first-order valence-corrected chi connectivity index (χ1v) is 10.8. The molecule has 2 rings (SSSR count). The molecular weight excluding hydrogens is 452 g/mol. The van der Waals surface area contributed by atoms with E-state index in [1.54, 1.807) is 0 Å². The van der Waals surface area contributed by atoms with E-state index in [4.69, 9.17) is 0 Å². The van der Waals surface area contributed by atoms with Gasteiger partial charge in [0.15, 0.2) is 0 Å². The van der Waals surface area contributed by atoms with Gasteiger partial charge in [-0.05, 0) is 34.3 Å². The summed E-state index contributed by atoms with van der Waals surface area (Å²) >= 11 is 2.87. The summed E-state index contributed by atoms with van der Waals surface area (Å²) in [5.74, 6) is -4.63. The van der Waals surface area contributed by atoms with Crippen molar-refractivity contribution in [2.45, 2.75) is 56.0 Å². The molecule has 1 aliphatic carbocycles. The van der Waals surface area contributed by atoms with Crippen molar-refractivity contribution in [1.82, 2.24) is 9.62 Å². The third-order valence-electron chi connectivity index (χ3n) is 4.62. The summed E-state index contributed by atoms with van der Waals surface area (Å²) in [5, 5.41) is 2.97. The molecule has 0 unspecified atom stereocenters. The fourth-order valence-corrected chi connectivity index (χ4v) is 5.00. The number of halogens is 5. The Bertz CT molecular complexity index is 781. The SMILES string of the molecule is CC(C)C[C@H](CNC1CC(F)(F)C1)N(C)S(=O)(=O)c1cc(Br)c(F)cc1F. The molecule has 0 amide bonds. The van der Waals surface area contributed by atoms with Crippen LogP contribution in [0.4, 0.5) is 17.6 Å². The number of sulfonamides is 1. The largest absolute Gasteiger partial charge is 0.312 e. The molecule has 1 N–H and O–H groups in total. The average molecular weight is 475 g/mol. The summed E-state index contributed by atoms with van der Waals surface area (Å²) in [7, 11) is -2.92. The Kier molecular flexibility index (Phi) is 6.98. The van der Waals surface area contributed by atoms with E-state index in [1.165, 1.54) is 7.05 Å². The minimum absolute atomic E-state index is 0.127. The molecule has 4 nitrogen and oxygen atoms in total. The van der Waals surface area contributed by atoms with E-state index in [-0.39, 0.29) is 35.8 Å². The lowest BCUT2D eigenvalue weighted by Gasteiger charge is -2.37. The number of alkyl halides is 2. The number of nitrogens with zero attached hydrogens (tertiary/aromatic N) is 1. The van der Waals surface area contributed by atoms with Crippen LogP contribution in [0.15, 0.2) is 21.5 Å². The molecule has 1 fully saturated rings. The predicted octanol–water partition coefficient (Wildman–Crippen LogP) is 4.15. The Morgan fingerprint density at radius 2 is 1.85 bits per heavy atom. The lowest BCUT2D eigenvalue weighted by atomic mass is 9.88. The monoisotopic (exact) mass is 474 g/mol. The summed E-state index contributed by atoms with van der Waals surface area (Å²) in [6.45, 7) is 3.97. The van der Waals surface area contributed by atoms with Gasteiger partial charge in [-0.1, -0.05) is 13.8 Å². The molecule has 1 aromatic rings. The van der Waals surface area contributed by atoms with E-state index in [1.807, 2.05) is 13.8 Å². The van der Waals surface area contributed by atoms with E-state index in [9.17, 15) is 26.0 Å². The van der Waals surface area contributed by atoms with Gasteiger partial charge in [0.25, 0.3) is 5.92 Å². The Morgan fingerprint density at radius 3 is 2.37 bits per heavy atom. The van der Waals surface area contributed by atoms with Crippen LogP contribution >= 0.6 is 15.9 Å². The van der Waals surface area contributed by atoms with E-state index in [2.05, 4.69) is 21.2 Å². The standard InChI is InChI=1S/C17H23BrF4N2O2S/c1-10(2)4-12(9-23-11-7-17(21,22)8-11)24(3)27(25,26)16-5-13(18)14(19)6-15(16)20/h5-6,10-12,23H,4,7-9H2,1-3H3/t12-/m1/s1. The molecule has 154 valence electrons. The number of hydrogen-bond donors (Lipinski definition) is 1. The van der Waals surface area contributed by atoms with Crippen molar-refractivity contribution < 1.29 is 26.0 Å². The van der Waals surface area contributed by atoms with Crippen LogP contribution in [0.1, 0.15) is 33.1 Å². The fraction of sp³-hybridized carbons (Fsp3) is 0.647. The van der Waals surface area contributed by atoms with E-state index in [0.717, 1.165) is 10.4 Å². The molecule has 1 aliphatic rings. The van der Waals surface area contributed by atoms with E-state index >= 15 is 0 Å². The van der Waals surface area contributed by atoms with Gasteiger partial charge in [-0.25, -0.2) is 26.0 Å². The van der Waals surface area contributed by atoms with Crippen molar-refractivity contribution in [3.63, 3.8) is 0 Å². The molecule has 10 heteroatoms. The maximum absolute atomic E-state index is 14.1. The molecule has 0 bridgehead atoms. The molecule has 0 spiro atoms. The summed E-state index contributed by atoms with van der Waals surface area (Å²) in [5.41, 5.74) is 0. The van der Waals surface area contributed by atoms with Crippen LogP contribution in [-0.2, 0) is 10.0 Å². The third-order valence-corrected chi connectivity index (χ3v) is 7.15. The van der Waals surface area contributed by atoms with Gasteiger partial charge in [0.1, 0.15) is 16.5 Å². The molecule has 0 radical (unpaired) electrons. The molecule has 0 aromatic heterocycles. The van der Waals surface area contributed by atoms with Gasteiger partial charge < -0.3 is 5.32 Å². The topological polar surface area (TPSA) is 49.4 Å². The Hall–Kier alpha value is -0.710. The fourth-order valence-electron chi connectivity index (χ4n) is 3.07. The molecule has 0 saturated heterocycles. The Balaban J connectivity index is 2.20. The maximum atomic E-state index is 14.1. The van der Waals surface area contributed by atoms with Gasteiger partial charge in [0.05, 0.1) is 4.47 Å². The normalized spacial score (nSPS) is 18.7. The number of likely N-dealkylation sites (N-methyl/N-ethyl adjacent to an activating group) is 1. The molecule has 1 atom stereocenters. The van der Waals surface area contributed by atoms with Crippen LogP contribution in [0, 0.1) is 17.6 Å². The molecule has 1 aromatic carbocycles. The average Bonchev–Trinajstić information content (AvgIpc) is 2.51. The summed E-state index contributed by atoms with van der Waals surface area (Å²) in [6.07, 6.45) is -0.107. The molecule has 1 saturated carbocycles. The van der Waals surface area contributed by atoms with Crippen LogP contribution in [0.25, 0.3) is 0 Å². The first kappa shape index (κ1) is 22.6. The van der Waals surface area contributed by atoms with Gasteiger partial charge in [-0.3, -0.25) is 0 Å². The molecule has 0 aliphatic heterocycles. The van der Waals surface area contributed by atoms with Crippen molar-refractivity contribution >= 4 is 26.0 Å². The van der Waals surface area contributed by atoms with Crippen molar-refractivity contribution in [3.05, 3.63) is 28.2 Å². The smallest absolute Gasteiger partial charge is 0.251 e. The highest BCUT2D eigenvalue weighted by Crippen LogP contribution is 2.37.